The highest BCUT2D eigenvalue weighted by molar-refractivity contribution is 5.90. The first-order chi connectivity index (χ1) is 7.74. The molecule has 0 bridgehead atoms. The van der Waals surface area contributed by atoms with Gasteiger partial charge >= 0.3 is 11.9 Å². The van der Waals surface area contributed by atoms with Gasteiger partial charge in [-0.25, -0.2) is 0 Å². The van der Waals surface area contributed by atoms with E-state index in [-0.39, 0.29) is 13.1 Å². The van der Waals surface area contributed by atoms with Gasteiger partial charge in [0.25, 0.3) is 0 Å². The molecule has 0 N–H and O–H groups in total. The molecular weight excluding hydrogens is 206 g/mol. The third-order valence-electron chi connectivity index (χ3n) is 2.49. The minimum Gasteiger partial charge on any atom is -0.391 e. The van der Waals surface area contributed by atoms with E-state index in [4.69, 9.17) is 0 Å². The number of ether oxygens (including phenoxy) is 1. The third kappa shape index (κ3) is 2.90. The first-order valence-corrected chi connectivity index (χ1v) is 5.24. The monoisotopic (exact) mass is 219 g/mol. The fraction of sp³-hybridized carbons (Fsp3) is 0.333. The predicted molar refractivity (Wildman–Crippen MR) is 57.7 cm³/mol. The van der Waals surface area contributed by atoms with Crippen molar-refractivity contribution in [3.8, 4) is 0 Å². The van der Waals surface area contributed by atoms with Crippen LogP contribution in [0.2, 0.25) is 0 Å². The molecule has 1 saturated heterocycles. The van der Waals surface area contributed by atoms with Crippen LogP contribution in [0.5, 0.6) is 0 Å². The minimum atomic E-state index is -0.454. The number of carbonyl (C=O) groups is 2. The van der Waals surface area contributed by atoms with Gasteiger partial charge in [0.1, 0.15) is 0 Å². The van der Waals surface area contributed by atoms with E-state index in [1.54, 1.807) is 4.90 Å². The van der Waals surface area contributed by atoms with Crippen LogP contribution in [0.3, 0.4) is 0 Å². The van der Waals surface area contributed by atoms with Crippen molar-refractivity contribution in [2.75, 3.05) is 19.6 Å². The van der Waals surface area contributed by atoms with Gasteiger partial charge in [0.05, 0.1) is 13.1 Å². The number of benzene rings is 1. The lowest BCUT2D eigenvalue weighted by Gasteiger charge is -2.23. The van der Waals surface area contributed by atoms with E-state index >= 15 is 0 Å². The number of cyclic esters (lactones) is 2. The molecule has 4 nitrogen and oxygen atoms in total. The Morgan fingerprint density at radius 2 is 1.69 bits per heavy atom. The molecule has 84 valence electrons. The Hall–Kier alpha value is -1.68. The van der Waals surface area contributed by atoms with E-state index in [0.29, 0.717) is 6.54 Å². The van der Waals surface area contributed by atoms with E-state index < -0.39 is 11.9 Å². The first-order valence-electron chi connectivity index (χ1n) is 5.24. The molecule has 1 fully saturated rings. The SMILES string of the molecule is O=C1CN(CCc2ccccc2)CC(=O)O1. The molecule has 1 aliphatic rings. The van der Waals surface area contributed by atoms with E-state index in [9.17, 15) is 9.59 Å². The minimum absolute atomic E-state index is 0.207. The molecule has 0 aliphatic carbocycles. The molecule has 1 aromatic rings. The number of hydrogen-bond donors (Lipinski definition) is 0. The molecule has 0 amide bonds. The van der Waals surface area contributed by atoms with Crippen molar-refractivity contribution in [3.63, 3.8) is 0 Å². The molecule has 4 heteroatoms. The summed E-state index contributed by atoms with van der Waals surface area (Å²) in [4.78, 5) is 23.8. The van der Waals surface area contributed by atoms with Gasteiger partial charge in [-0.1, -0.05) is 30.3 Å². The molecule has 0 aromatic heterocycles. The predicted octanol–water partition coefficient (Wildman–Crippen LogP) is 0.615. The Labute approximate surface area is 93.8 Å². The van der Waals surface area contributed by atoms with Crippen LogP contribution in [0.25, 0.3) is 0 Å². The quantitative estimate of drug-likeness (QED) is 0.552. The highest BCUT2D eigenvalue weighted by Gasteiger charge is 2.23. The van der Waals surface area contributed by atoms with Crippen LogP contribution in [0.1, 0.15) is 5.56 Å². The maximum Gasteiger partial charge on any atom is 0.327 e. The van der Waals surface area contributed by atoms with Gasteiger partial charge in [-0.15, -0.1) is 0 Å². The summed E-state index contributed by atoms with van der Waals surface area (Å²) < 4.78 is 4.45. The van der Waals surface area contributed by atoms with Gasteiger partial charge in [-0.05, 0) is 12.0 Å². The molecule has 0 unspecified atom stereocenters. The van der Waals surface area contributed by atoms with Gasteiger partial charge in [0, 0.05) is 6.54 Å². The Kier molecular flexibility index (Phi) is 3.31. The highest BCUT2D eigenvalue weighted by Crippen LogP contribution is 2.04. The van der Waals surface area contributed by atoms with E-state index in [0.717, 1.165) is 6.42 Å². The molecular formula is C12H13NO3. The summed E-state index contributed by atoms with van der Waals surface area (Å²) in [6.45, 7) is 1.11. The van der Waals surface area contributed by atoms with Gasteiger partial charge in [0.15, 0.2) is 0 Å². The molecule has 1 heterocycles. The van der Waals surface area contributed by atoms with E-state index in [1.165, 1.54) is 5.56 Å². The average Bonchev–Trinajstić information content (AvgIpc) is 2.27. The number of morpholine rings is 1. The second kappa shape index (κ2) is 4.90. The maximum atomic E-state index is 11.0. The molecule has 1 aromatic carbocycles. The maximum absolute atomic E-state index is 11.0. The normalized spacial score (nSPS) is 17.2. The number of hydrogen-bond acceptors (Lipinski definition) is 4. The van der Waals surface area contributed by atoms with Crippen LogP contribution in [0.4, 0.5) is 0 Å². The summed E-state index contributed by atoms with van der Waals surface area (Å²) in [5.74, 6) is -0.909. The van der Waals surface area contributed by atoms with Gasteiger partial charge < -0.3 is 4.74 Å². The van der Waals surface area contributed by atoms with Gasteiger partial charge in [0.2, 0.25) is 0 Å². The van der Waals surface area contributed by atoms with Crippen LogP contribution in [0.15, 0.2) is 30.3 Å². The Balaban J connectivity index is 1.86. The summed E-state index contributed by atoms with van der Waals surface area (Å²) >= 11 is 0. The molecule has 2 rings (SSSR count). The second-order valence-corrected chi connectivity index (χ2v) is 3.79. The molecule has 1 aliphatic heterocycles. The zero-order chi connectivity index (χ0) is 11.4. The lowest BCUT2D eigenvalue weighted by Crippen LogP contribution is -2.43. The number of rotatable bonds is 3. The van der Waals surface area contributed by atoms with Crippen molar-refractivity contribution in [3.05, 3.63) is 35.9 Å². The van der Waals surface area contributed by atoms with Crippen molar-refractivity contribution in [1.29, 1.82) is 0 Å². The van der Waals surface area contributed by atoms with Crippen molar-refractivity contribution in [1.82, 2.24) is 4.90 Å². The largest absolute Gasteiger partial charge is 0.391 e. The van der Waals surface area contributed by atoms with Crippen LogP contribution >= 0.6 is 0 Å². The fourth-order valence-electron chi connectivity index (χ4n) is 1.70. The van der Waals surface area contributed by atoms with E-state index in [2.05, 4.69) is 4.74 Å². The van der Waals surface area contributed by atoms with Crippen molar-refractivity contribution in [2.45, 2.75) is 6.42 Å². The highest BCUT2D eigenvalue weighted by atomic mass is 16.6. The molecule has 0 saturated carbocycles. The van der Waals surface area contributed by atoms with Crippen LogP contribution in [-0.4, -0.2) is 36.5 Å². The lowest BCUT2D eigenvalue weighted by atomic mass is 10.1. The standard InChI is InChI=1S/C12H13NO3/c14-11-8-13(9-12(15)16-11)7-6-10-4-2-1-3-5-10/h1-5H,6-9H2. The van der Waals surface area contributed by atoms with E-state index in [1.807, 2.05) is 30.3 Å². The third-order valence-corrected chi connectivity index (χ3v) is 2.49. The number of esters is 2. The Morgan fingerprint density at radius 3 is 2.31 bits per heavy atom. The van der Waals surface area contributed by atoms with Crippen LogP contribution in [0, 0.1) is 0 Å². The van der Waals surface area contributed by atoms with Crippen LogP contribution < -0.4 is 0 Å². The smallest absolute Gasteiger partial charge is 0.327 e. The van der Waals surface area contributed by atoms with Crippen LogP contribution in [-0.2, 0) is 20.7 Å². The van der Waals surface area contributed by atoms with Crippen molar-refractivity contribution in [2.24, 2.45) is 0 Å². The Morgan fingerprint density at radius 1 is 1.06 bits per heavy atom. The fourth-order valence-corrected chi connectivity index (χ4v) is 1.70. The summed E-state index contributed by atoms with van der Waals surface area (Å²) in [5, 5.41) is 0. The van der Waals surface area contributed by atoms with Gasteiger partial charge in [-0.3, -0.25) is 14.5 Å². The molecule has 0 spiro atoms. The molecule has 16 heavy (non-hydrogen) atoms. The zero-order valence-corrected chi connectivity index (χ0v) is 8.89. The number of carbonyl (C=O) groups excluding carboxylic acids is 2. The van der Waals surface area contributed by atoms with Gasteiger partial charge in [-0.2, -0.15) is 0 Å². The summed E-state index contributed by atoms with van der Waals surface area (Å²) in [6.07, 6.45) is 0.835. The van der Waals surface area contributed by atoms with Crippen molar-refractivity contribution >= 4 is 11.9 Å². The Bertz CT molecular complexity index is 373. The second-order valence-electron chi connectivity index (χ2n) is 3.79. The molecule has 0 atom stereocenters. The summed E-state index contributed by atoms with van der Waals surface area (Å²) in [6, 6.07) is 9.98. The number of nitrogens with zero attached hydrogens (tertiary/aromatic N) is 1. The summed E-state index contributed by atoms with van der Waals surface area (Å²) in [7, 11) is 0. The van der Waals surface area contributed by atoms with Crippen molar-refractivity contribution < 1.29 is 14.3 Å². The lowest BCUT2D eigenvalue weighted by molar-refractivity contribution is -0.166. The topological polar surface area (TPSA) is 46.6 Å². The summed E-state index contributed by atoms with van der Waals surface area (Å²) in [5.41, 5.74) is 1.20. The zero-order valence-electron chi connectivity index (χ0n) is 8.89. The first kappa shape index (κ1) is 10.8. The average molecular weight is 219 g/mol. The molecule has 0 radical (unpaired) electrons.